The van der Waals surface area contributed by atoms with Gasteiger partial charge in [0.1, 0.15) is 6.54 Å². The van der Waals surface area contributed by atoms with Crippen LogP contribution in [0.25, 0.3) is 0 Å². The third-order valence-corrected chi connectivity index (χ3v) is 6.32. The summed E-state index contributed by atoms with van der Waals surface area (Å²) < 4.78 is 1.21. The molecule has 0 radical (unpaired) electrons. The van der Waals surface area contributed by atoms with Crippen molar-refractivity contribution in [1.29, 1.82) is 0 Å². The van der Waals surface area contributed by atoms with E-state index in [0.717, 1.165) is 19.3 Å². The number of rotatable bonds is 2. The molecule has 0 aromatic carbocycles. The van der Waals surface area contributed by atoms with Crippen LogP contribution < -0.4 is 16.6 Å². The van der Waals surface area contributed by atoms with Gasteiger partial charge in [-0.2, -0.15) is 0 Å². The molecule has 1 aliphatic carbocycles. The SMILES string of the molecule is C[C@]12C[C@H]3CN(C(=O)Cn4ccc(=O)[nH]c4=O)C[C@H](CC[C@@H]1N3)[C@H]2O. The lowest BCUT2D eigenvalue weighted by molar-refractivity contribution is -0.136. The lowest BCUT2D eigenvalue weighted by Gasteiger charge is -2.46. The molecule has 1 saturated carbocycles. The van der Waals surface area contributed by atoms with E-state index in [-0.39, 0.29) is 29.8 Å². The number of hydrogen-bond acceptors (Lipinski definition) is 5. The van der Waals surface area contributed by atoms with E-state index in [1.807, 2.05) is 0 Å². The van der Waals surface area contributed by atoms with Crippen LogP contribution in [0.5, 0.6) is 0 Å². The average Bonchev–Trinajstić information content (AvgIpc) is 2.94. The van der Waals surface area contributed by atoms with Crippen molar-refractivity contribution in [2.45, 2.75) is 50.9 Å². The van der Waals surface area contributed by atoms with Gasteiger partial charge in [-0.3, -0.25) is 19.1 Å². The van der Waals surface area contributed by atoms with Crippen LogP contribution in [-0.2, 0) is 11.3 Å². The first-order valence-corrected chi connectivity index (χ1v) is 8.88. The Hall–Kier alpha value is -1.93. The molecule has 8 nitrogen and oxygen atoms in total. The zero-order valence-electron chi connectivity index (χ0n) is 14.3. The third kappa shape index (κ3) is 2.73. The summed E-state index contributed by atoms with van der Waals surface area (Å²) in [6.45, 7) is 3.15. The largest absolute Gasteiger partial charge is 0.392 e. The van der Waals surface area contributed by atoms with E-state index in [1.165, 1.54) is 16.8 Å². The number of fused-ring (bicyclic) bond motifs is 2. The summed E-state index contributed by atoms with van der Waals surface area (Å²) in [5.74, 6) is -0.0968. The molecule has 25 heavy (non-hydrogen) atoms. The van der Waals surface area contributed by atoms with Crippen molar-refractivity contribution in [3.8, 4) is 0 Å². The van der Waals surface area contributed by atoms with Crippen LogP contribution in [0.1, 0.15) is 26.2 Å². The fourth-order valence-electron chi connectivity index (χ4n) is 4.97. The quantitative estimate of drug-likeness (QED) is 0.628. The van der Waals surface area contributed by atoms with E-state index >= 15 is 0 Å². The molecular formula is C17H24N4O4. The molecule has 3 N–H and O–H groups in total. The highest BCUT2D eigenvalue weighted by Gasteiger charge is 2.55. The highest BCUT2D eigenvalue weighted by molar-refractivity contribution is 5.76. The molecule has 1 aromatic rings. The van der Waals surface area contributed by atoms with Crippen molar-refractivity contribution in [2.75, 3.05) is 13.1 Å². The van der Waals surface area contributed by atoms with Gasteiger partial charge in [0.15, 0.2) is 0 Å². The third-order valence-electron chi connectivity index (χ3n) is 6.32. The first-order chi connectivity index (χ1) is 11.9. The van der Waals surface area contributed by atoms with Crippen molar-refractivity contribution in [3.63, 3.8) is 0 Å². The molecule has 1 amide bonds. The summed E-state index contributed by atoms with van der Waals surface area (Å²) in [6.07, 6.45) is 3.70. The monoisotopic (exact) mass is 348 g/mol. The van der Waals surface area contributed by atoms with Gasteiger partial charge in [-0.05, 0) is 19.3 Å². The van der Waals surface area contributed by atoms with Crippen molar-refractivity contribution in [1.82, 2.24) is 19.8 Å². The zero-order chi connectivity index (χ0) is 17.8. The molecule has 3 heterocycles. The van der Waals surface area contributed by atoms with Crippen LogP contribution in [0.2, 0.25) is 0 Å². The minimum atomic E-state index is -0.583. The van der Waals surface area contributed by atoms with Crippen LogP contribution in [0.15, 0.2) is 21.9 Å². The number of aromatic amines is 1. The summed E-state index contributed by atoms with van der Waals surface area (Å²) in [5.41, 5.74) is -1.17. The maximum atomic E-state index is 12.8. The Bertz CT molecular complexity index is 802. The summed E-state index contributed by atoms with van der Waals surface area (Å²) in [5, 5.41) is 14.4. The van der Waals surface area contributed by atoms with Gasteiger partial charge in [-0.25, -0.2) is 4.79 Å². The summed E-state index contributed by atoms with van der Waals surface area (Å²) in [4.78, 5) is 39.7. The number of aromatic nitrogens is 2. The standard InChI is InChI=1S/C17H24N4O4/c1-17-6-11-8-21(7-10(15(17)24)2-3-12(17)18-11)14(23)9-20-5-4-13(22)19-16(20)25/h4-5,10-12,15,18,24H,2-3,6-9H2,1H3,(H,19,22,25)/t10-,11-,12-,15+,17-/m0/s1. The highest BCUT2D eigenvalue weighted by Crippen LogP contribution is 2.48. The molecule has 136 valence electrons. The Morgan fingerprint density at radius 3 is 2.92 bits per heavy atom. The second kappa shape index (κ2) is 5.81. The van der Waals surface area contributed by atoms with E-state index in [2.05, 4.69) is 17.2 Å². The molecule has 2 aliphatic heterocycles. The Morgan fingerprint density at radius 2 is 2.16 bits per heavy atom. The van der Waals surface area contributed by atoms with E-state index in [4.69, 9.17) is 0 Å². The number of aliphatic hydroxyl groups excluding tert-OH is 1. The van der Waals surface area contributed by atoms with Crippen molar-refractivity contribution in [2.24, 2.45) is 11.3 Å². The molecule has 8 heteroatoms. The number of amides is 1. The number of aliphatic hydroxyl groups is 1. The molecule has 2 saturated heterocycles. The predicted molar refractivity (Wildman–Crippen MR) is 90.1 cm³/mol. The van der Waals surface area contributed by atoms with Gasteiger partial charge in [-0.1, -0.05) is 6.92 Å². The van der Waals surface area contributed by atoms with Crippen LogP contribution in [-0.4, -0.2) is 56.7 Å². The summed E-state index contributed by atoms with van der Waals surface area (Å²) in [6, 6.07) is 1.71. The van der Waals surface area contributed by atoms with Crippen molar-refractivity contribution >= 4 is 5.91 Å². The fourth-order valence-corrected chi connectivity index (χ4v) is 4.97. The molecule has 1 aromatic heterocycles. The van der Waals surface area contributed by atoms with Gasteiger partial charge < -0.3 is 15.3 Å². The lowest BCUT2D eigenvalue weighted by Crippen LogP contribution is -2.54. The second-order valence-corrected chi connectivity index (χ2v) is 7.95. The minimum absolute atomic E-state index is 0.0679. The topological polar surface area (TPSA) is 107 Å². The Balaban J connectivity index is 1.55. The van der Waals surface area contributed by atoms with Gasteiger partial charge in [0, 0.05) is 48.8 Å². The van der Waals surface area contributed by atoms with Gasteiger partial charge in [0.2, 0.25) is 5.91 Å². The first-order valence-electron chi connectivity index (χ1n) is 8.88. The van der Waals surface area contributed by atoms with Crippen LogP contribution >= 0.6 is 0 Å². The molecule has 0 unspecified atom stereocenters. The zero-order valence-corrected chi connectivity index (χ0v) is 14.3. The average molecular weight is 348 g/mol. The van der Waals surface area contributed by atoms with E-state index in [9.17, 15) is 19.5 Å². The number of carbonyl (C=O) groups excluding carboxylic acids is 1. The Labute approximate surface area is 144 Å². The van der Waals surface area contributed by atoms with E-state index in [1.54, 1.807) is 4.90 Å². The highest BCUT2D eigenvalue weighted by atomic mass is 16.3. The smallest absolute Gasteiger partial charge is 0.328 e. The van der Waals surface area contributed by atoms with Crippen LogP contribution in [0.3, 0.4) is 0 Å². The maximum Gasteiger partial charge on any atom is 0.328 e. The molecule has 4 rings (SSSR count). The molecule has 3 fully saturated rings. The van der Waals surface area contributed by atoms with Crippen LogP contribution in [0.4, 0.5) is 0 Å². The number of carbonyl (C=O) groups is 1. The van der Waals surface area contributed by atoms with Crippen LogP contribution in [0, 0.1) is 11.3 Å². The van der Waals surface area contributed by atoms with Crippen molar-refractivity contribution in [3.05, 3.63) is 33.1 Å². The normalized spacial score (nSPS) is 37.0. The molecular weight excluding hydrogens is 324 g/mol. The minimum Gasteiger partial charge on any atom is -0.392 e. The number of nitrogens with one attached hydrogen (secondary N) is 2. The number of likely N-dealkylation sites (tertiary alicyclic amines) is 1. The first kappa shape index (κ1) is 16.5. The molecule has 3 bridgehead atoms. The number of H-pyrrole nitrogens is 1. The molecule has 0 spiro atoms. The van der Waals surface area contributed by atoms with Gasteiger partial charge in [-0.15, -0.1) is 0 Å². The lowest BCUT2D eigenvalue weighted by atomic mass is 9.64. The van der Waals surface area contributed by atoms with Gasteiger partial charge in [0.25, 0.3) is 5.56 Å². The fraction of sp³-hybridized carbons (Fsp3) is 0.706. The molecule has 5 atom stereocenters. The number of nitrogens with zero attached hydrogens (tertiary/aromatic N) is 2. The van der Waals surface area contributed by atoms with Gasteiger partial charge in [0.05, 0.1) is 6.10 Å². The van der Waals surface area contributed by atoms with E-state index in [0.29, 0.717) is 19.1 Å². The predicted octanol–water partition coefficient (Wildman–Crippen LogP) is -1.11. The van der Waals surface area contributed by atoms with Crippen molar-refractivity contribution < 1.29 is 9.90 Å². The summed E-state index contributed by atoms with van der Waals surface area (Å²) in [7, 11) is 0. The van der Waals surface area contributed by atoms with E-state index < -0.39 is 17.4 Å². The number of hydrogen-bond donors (Lipinski definition) is 3. The molecule has 3 aliphatic rings. The van der Waals surface area contributed by atoms with Gasteiger partial charge >= 0.3 is 5.69 Å². The Morgan fingerprint density at radius 1 is 1.36 bits per heavy atom. The summed E-state index contributed by atoms with van der Waals surface area (Å²) >= 11 is 0. The Kier molecular flexibility index (Phi) is 3.84. The second-order valence-electron chi connectivity index (χ2n) is 7.95. The maximum absolute atomic E-state index is 12.8.